The highest BCUT2D eigenvalue weighted by molar-refractivity contribution is 8.22. The molecule has 264 valence electrons. The Hall–Kier alpha value is -0.700. The molecule has 0 N–H and O–H groups in total. The average Bonchev–Trinajstić information content (AvgIpc) is 3.49. The molecule has 0 spiro atoms. The molecular formula is C37H71N3O3S2. The third-order valence-electron chi connectivity index (χ3n) is 8.37. The van der Waals surface area contributed by atoms with Crippen LogP contribution in [-0.4, -0.2) is 51.9 Å². The molecule has 0 saturated heterocycles. The van der Waals surface area contributed by atoms with E-state index in [0.717, 1.165) is 31.7 Å². The molecule has 0 aliphatic heterocycles. The van der Waals surface area contributed by atoms with Gasteiger partial charge in [-0.2, -0.15) is 0 Å². The summed E-state index contributed by atoms with van der Waals surface area (Å²) in [6, 6.07) is 0. The highest BCUT2D eigenvalue weighted by atomic mass is 32.2. The molecule has 1 atom stereocenters. The van der Waals surface area contributed by atoms with Gasteiger partial charge in [0.15, 0.2) is 0 Å². The van der Waals surface area contributed by atoms with Gasteiger partial charge in [-0.3, -0.25) is 0 Å². The zero-order chi connectivity index (χ0) is 32.5. The van der Waals surface area contributed by atoms with E-state index < -0.39 is 0 Å². The largest absolute Gasteiger partial charge is 0.479 e. The Kier molecular flexibility index (Phi) is 31.2. The van der Waals surface area contributed by atoms with Crippen molar-refractivity contribution in [3.63, 3.8) is 0 Å². The first-order valence-corrected chi connectivity index (χ1v) is 20.5. The summed E-state index contributed by atoms with van der Waals surface area (Å²) in [4.78, 5) is 0. The minimum absolute atomic E-state index is 0.0123. The lowest BCUT2D eigenvalue weighted by atomic mass is 10.1. The number of hydrogen-bond acceptors (Lipinski definition) is 7. The summed E-state index contributed by atoms with van der Waals surface area (Å²) in [5.41, 5.74) is 0.902. The van der Waals surface area contributed by atoms with E-state index >= 15 is 0 Å². The predicted octanol–water partition coefficient (Wildman–Crippen LogP) is 11.6. The molecule has 1 aromatic heterocycles. The van der Waals surface area contributed by atoms with E-state index in [1.54, 1.807) is 0 Å². The first kappa shape index (κ1) is 42.3. The summed E-state index contributed by atoms with van der Waals surface area (Å²) in [6.07, 6.45) is 34.5. The van der Waals surface area contributed by atoms with Crippen LogP contribution in [0.4, 0.5) is 0 Å². The normalized spacial score (nSPS) is 12.2. The number of ether oxygens (including phenoxy) is 3. The van der Waals surface area contributed by atoms with Gasteiger partial charge in [-0.1, -0.05) is 172 Å². The van der Waals surface area contributed by atoms with Crippen molar-refractivity contribution in [1.82, 2.24) is 15.0 Å². The van der Waals surface area contributed by atoms with Gasteiger partial charge in [0.1, 0.15) is 6.10 Å². The van der Waals surface area contributed by atoms with Gasteiger partial charge in [0.2, 0.25) is 4.38 Å². The molecule has 6 nitrogen and oxygen atoms in total. The van der Waals surface area contributed by atoms with E-state index in [4.69, 9.17) is 26.4 Å². The summed E-state index contributed by atoms with van der Waals surface area (Å²) in [6.45, 7) is 9.97. The Morgan fingerprint density at radius 2 is 1.16 bits per heavy atom. The van der Waals surface area contributed by atoms with Crippen LogP contribution in [0.2, 0.25) is 0 Å². The van der Waals surface area contributed by atoms with Gasteiger partial charge >= 0.3 is 0 Å². The van der Waals surface area contributed by atoms with Crippen molar-refractivity contribution in [2.75, 3.05) is 26.4 Å². The van der Waals surface area contributed by atoms with Crippen LogP contribution in [0.1, 0.15) is 181 Å². The quantitative estimate of drug-likeness (QED) is 0.0534. The Morgan fingerprint density at radius 1 is 0.689 bits per heavy atom. The Bertz CT molecular complexity index is 765. The molecule has 0 amide bonds. The smallest absolute Gasteiger partial charge is 0.220 e. The Balaban J connectivity index is 2.24. The molecular weight excluding hydrogens is 599 g/mol. The fourth-order valence-electron chi connectivity index (χ4n) is 5.60. The minimum Gasteiger partial charge on any atom is -0.479 e. The van der Waals surface area contributed by atoms with E-state index in [-0.39, 0.29) is 6.10 Å². The molecule has 0 saturated carbocycles. The van der Waals surface area contributed by atoms with E-state index in [1.165, 1.54) is 153 Å². The van der Waals surface area contributed by atoms with Crippen LogP contribution in [0.3, 0.4) is 0 Å². The van der Waals surface area contributed by atoms with Crippen molar-refractivity contribution in [2.45, 2.75) is 193 Å². The molecule has 1 unspecified atom stereocenters. The maximum absolute atomic E-state index is 6.33. The van der Waals surface area contributed by atoms with Gasteiger partial charge in [-0.05, 0) is 32.0 Å². The Morgan fingerprint density at radius 3 is 1.64 bits per heavy atom. The summed E-state index contributed by atoms with van der Waals surface area (Å²) in [7, 11) is 0. The first-order valence-electron chi connectivity index (χ1n) is 19.1. The van der Waals surface area contributed by atoms with Gasteiger partial charge < -0.3 is 14.2 Å². The number of thioether (sulfide) groups is 1. The second kappa shape index (κ2) is 33.2. The van der Waals surface area contributed by atoms with Crippen molar-refractivity contribution in [2.24, 2.45) is 0 Å². The van der Waals surface area contributed by atoms with Crippen LogP contribution in [0.15, 0.2) is 6.20 Å². The van der Waals surface area contributed by atoms with Crippen LogP contribution in [0.25, 0.3) is 0 Å². The van der Waals surface area contributed by atoms with Crippen molar-refractivity contribution in [1.29, 1.82) is 0 Å². The van der Waals surface area contributed by atoms with Crippen molar-refractivity contribution in [3.8, 4) is 0 Å². The number of nitrogens with zero attached hydrogens (tertiary/aromatic N) is 3. The highest BCUT2D eigenvalue weighted by Gasteiger charge is 2.13. The van der Waals surface area contributed by atoms with Crippen molar-refractivity contribution in [3.05, 3.63) is 11.9 Å². The molecule has 1 rings (SSSR count). The molecule has 0 bridgehead atoms. The SMILES string of the molecule is CCCCCCCCCCCCCCOCC(Cn1cc(CSC(=S)OCC)nn1)OCCCCCCCCCCCCCC. The number of unbranched alkanes of at least 4 members (excludes halogenated alkanes) is 22. The fourth-order valence-corrected chi connectivity index (χ4v) is 6.50. The van der Waals surface area contributed by atoms with Crippen LogP contribution in [0.5, 0.6) is 0 Å². The monoisotopic (exact) mass is 669 g/mol. The molecule has 45 heavy (non-hydrogen) atoms. The van der Waals surface area contributed by atoms with E-state index in [1.807, 2.05) is 17.8 Å². The predicted molar refractivity (Wildman–Crippen MR) is 198 cm³/mol. The third-order valence-corrected chi connectivity index (χ3v) is 9.64. The van der Waals surface area contributed by atoms with Crippen LogP contribution in [0, 0.1) is 0 Å². The van der Waals surface area contributed by atoms with E-state index in [2.05, 4.69) is 24.2 Å². The number of rotatable bonds is 34. The average molecular weight is 670 g/mol. The summed E-state index contributed by atoms with van der Waals surface area (Å²) >= 11 is 6.71. The van der Waals surface area contributed by atoms with Crippen LogP contribution < -0.4 is 0 Å². The van der Waals surface area contributed by atoms with Gasteiger partial charge in [0.05, 0.1) is 25.5 Å². The zero-order valence-electron chi connectivity index (χ0n) is 29.8. The molecule has 0 fully saturated rings. The molecule has 8 heteroatoms. The lowest BCUT2D eigenvalue weighted by molar-refractivity contribution is -0.0282. The van der Waals surface area contributed by atoms with E-state index in [0.29, 0.717) is 29.9 Å². The molecule has 1 heterocycles. The minimum atomic E-state index is -0.0123. The first-order chi connectivity index (χ1) is 22.2. The van der Waals surface area contributed by atoms with Gasteiger partial charge in [0, 0.05) is 25.2 Å². The second-order valence-electron chi connectivity index (χ2n) is 12.7. The standard InChI is InChI=1S/C37H71N3O3S2/c1-4-7-9-11-13-15-17-19-21-23-25-27-29-41-33-36(32-40-31-35(38-39-40)34-45-37(44)42-6-3)43-30-28-26-24-22-20-18-16-14-12-10-8-5-2/h31,36H,4-30,32-34H2,1-3H3. The number of thiocarbonyl (C=S) groups is 1. The number of hydrogen-bond donors (Lipinski definition) is 0. The second-order valence-corrected chi connectivity index (χ2v) is 14.3. The van der Waals surface area contributed by atoms with Crippen LogP contribution >= 0.6 is 24.0 Å². The summed E-state index contributed by atoms with van der Waals surface area (Å²) < 4.78 is 20.3. The lowest BCUT2D eigenvalue weighted by Gasteiger charge is -2.18. The van der Waals surface area contributed by atoms with Crippen molar-refractivity contribution < 1.29 is 14.2 Å². The van der Waals surface area contributed by atoms with Crippen LogP contribution in [-0.2, 0) is 26.5 Å². The molecule has 0 aliphatic carbocycles. The highest BCUT2D eigenvalue weighted by Crippen LogP contribution is 2.15. The maximum atomic E-state index is 6.33. The molecule has 0 aliphatic rings. The number of aromatic nitrogens is 3. The van der Waals surface area contributed by atoms with Gasteiger partial charge in [-0.25, -0.2) is 4.68 Å². The van der Waals surface area contributed by atoms with Gasteiger partial charge in [0.25, 0.3) is 0 Å². The molecule has 0 aromatic carbocycles. The summed E-state index contributed by atoms with van der Waals surface area (Å²) in [5, 5.41) is 8.67. The Labute approximate surface area is 288 Å². The lowest BCUT2D eigenvalue weighted by Crippen LogP contribution is -2.27. The topological polar surface area (TPSA) is 58.4 Å². The molecule has 1 aromatic rings. The third kappa shape index (κ3) is 28.1. The fraction of sp³-hybridized carbons (Fsp3) is 0.919. The van der Waals surface area contributed by atoms with Gasteiger partial charge in [-0.15, -0.1) is 5.10 Å². The van der Waals surface area contributed by atoms with Crippen molar-refractivity contribution >= 4 is 28.4 Å². The maximum Gasteiger partial charge on any atom is 0.220 e. The zero-order valence-corrected chi connectivity index (χ0v) is 31.4. The summed E-state index contributed by atoms with van der Waals surface area (Å²) in [5.74, 6) is 0.665. The molecule has 0 radical (unpaired) electrons. The van der Waals surface area contributed by atoms with E-state index in [9.17, 15) is 0 Å².